The van der Waals surface area contributed by atoms with Crippen molar-refractivity contribution in [3.8, 4) is 0 Å². The highest BCUT2D eigenvalue weighted by Crippen LogP contribution is 2.21. The minimum atomic E-state index is 0.522. The molecule has 0 amide bonds. The summed E-state index contributed by atoms with van der Waals surface area (Å²) in [5, 5.41) is 2.44. The molecule has 0 aromatic heterocycles. The Hall–Kier alpha value is -1.83. The summed E-state index contributed by atoms with van der Waals surface area (Å²) < 4.78 is 5.73. The number of rotatable bonds is 1. The van der Waals surface area contributed by atoms with Crippen molar-refractivity contribution in [2.24, 2.45) is 10.9 Å². The number of aliphatic imine (C=N–C) groups is 1. The molecule has 0 saturated heterocycles. The normalized spacial score (nSPS) is 19.8. The lowest BCUT2D eigenvalue weighted by Crippen LogP contribution is -2.21. The SMILES string of the molecule is CC1CN=C(c2cccc3ccccc23)OC1. The summed E-state index contributed by atoms with van der Waals surface area (Å²) >= 11 is 0. The fraction of sp³-hybridized carbons (Fsp3) is 0.267. The van der Waals surface area contributed by atoms with E-state index in [1.54, 1.807) is 0 Å². The van der Waals surface area contributed by atoms with Crippen LogP contribution in [0.4, 0.5) is 0 Å². The first kappa shape index (κ1) is 10.3. The first-order valence-electron chi connectivity index (χ1n) is 6.00. The lowest BCUT2D eigenvalue weighted by Gasteiger charge is -2.19. The van der Waals surface area contributed by atoms with Gasteiger partial charge in [-0.3, -0.25) is 4.99 Å². The Labute approximate surface area is 101 Å². The highest BCUT2D eigenvalue weighted by atomic mass is 16.5. The van der Waals surface area contributed by atoms with Gasteiger partial charge in [-0.1, -0.05) is 43.3 Å². The van der Waals surface area contributed by atoms with Crippen molar-refractivity contribution in [1.29, 1.82) is 0 Å². The number of benzene rings is 2. The standard InChI is InChI=1S/C15H15NO/c1-11-9-16-15(17-10-11)14-8-4-6-12-5-2-3-7-13(12)14/h2-8,11H,9-10H2,1H3. The zero-order valence-corrected chi connectivity index (χ0v) is 9.89. The van der Waals surface area contributed by atoms with Gasteiger partial charge in [-0.25, -0.2) is 0 Å². The number of hydrogen-bond acceptors (Lipinski definition) is 2. The van der Waals surface area contributed by atoms with Crippen LogP contribution in [0.15, 0.2) is 47.5 Å². The molecule has 86 valence electrons. The van der Waals surface area contributed by atoms with E-state index in [0.29, 0.717) is 5.92 Å². The van der Waals surface area contributed by atoms with Crippen LogP contribution >= 0.6 is 0 Å². The first-order chi connectivity index (χ1) is 8.34. The Bertz CT molecular complexity index is 569. The second kappa shape index (κ2) is 4.21. The summed E-state index contributed by atoms with van der Waals surface area (Å²) in [7, 11) is 0. The number of hydrogen-bond donors (Lipinski definition) is 0. The summed E-state index contributed by atoms with van der Waals surface area (Å²) in [6, 6.07) is 14.6. The second-order valence-electron chi connectivity index (χ2n) is 4.59. The predicted octanol–water partition coefficient (Wildman–Crippen LogP) is 3.25. The van der Waals surface area contributed by atoms with E-state index in [0.717, 1.165) is 24.6 Å². The molecule has 2 nitrogen and oxygen atoms in total. The molecule has 3 rings (SSSR count). The molecule has 1 atom stereocenters. The van der Waals surface area contributed by atoms with Crippen molar-refractivity contribution in [2.75, 3.05) is 13.2 Å². The van der Waals surface area contributed by atoms with Crippen LogP contribution in [0.3, 0.4) is 0 Å². The Balaban J connectivity index is 2.11. The quantitative estimate of drug-likeness (QED) is 0.730. The molecule has 2 aromatic rings. The molecule has 0 N–H and O–H groups in total. The van der Waals surface area contributed by atoms with Gasteiger partial charge in [0.1, 0.15) is 0 Å². The van der Waals surface area contributed by atoms with Gasteiger partial charge in [-0.05, 0) is 16.8 Å². The smallest absolute Gasteiger partial charge is 0.216 e. The van der Waals surface area contributed by atoms with E-state index >= 15 is 0 Å². The van der Waals surface area contributed by atoms with E-state index in [2.05, 4.69) is 54.4 Å². The maximum absolute atomic E-state index is 5.73. The first-order valence-corrected chi connectivity index (χ1v) is 6.00. The Morgan fingerprint density at radius 1 is 1.12 bits per heavy atom. The van der Waals surface area contributed by atoms with Gasteiger partial charge >= 0.3 is 0 Å². The van der Waals surface area contributed by atoms with Gasteiger partial charge in [-0.15, -0.1) is 0 Å². The van der Waals surface area contributed by atoms with Gasteiger partial charge in [-0.2, -0.15) is 0 Å². The lowest BCUT2D eigenvalue weighted by atomic mass is 10.0. The number of nitrogens with zero attached hydrogens (tertiary/aromatic N) is 1. The van der Waals surface area contributed by atoms with Crippen LogP contribution in [0, 0.1) is 5.92 Å². The maximum atomic E-state index is 5.73. The van der Waals surface area contributed by atoms with E-state index in [1.165, 1.54) is 10.8 Å². The van der Waals surface area contributed by atoms with Crippen molar-refractivity contribution >= 4 is 16.7 Å². The molecule has 1 unspecified atom stereocenters. The van der Waals surface area contributed by atoms with Gasteiger partial charge in [0.15, 0.2) is 0 Å². The Kier molecular flexibility index (Phi) is 2.56. The minimum Gasteiger partial charge on any atom is -0.477 e. The van der Waals surface area contributed by atoms with Gasteiger partial charge in [0.2, 0.25) is 5.90 Å². The predicted molar refractivity (Wildman–Crippen MR) is 70.5 cm³/mol. The molecular weight excluding hydrogens is 210 g/mol. The van der Waals surface area contributed by atoms with Crippen LogP contribution < -0.4 is 0 Å². The van der Waals surface area contributed by atoms with Crippen molar-refractivity contribution in [3.63, 3.8) is 0 Å². The molecule has 0 fully saturated rings. The van der Waals surface area contributed by atoms with Crippen LogP contribution in [-0.2, 0) is 4.74 Å². The van der Waals surface area contributed by atoms with E-state index in [1.807, 2.05) is 0 Å². The third-order valence-corrected chi connectivity index (χ3v) is 3.07. The summed E-state index contributed by atoms with van der Waals surface area (Å²) in [6.45, 7) is 3.78. The minimum absolute atomic E-state index is 0.522. The van der Waals surface area contributed by atoms with Crippen LogP contribution in [0.25, 0.3) is 10.8 Å². The molecule has 2 aromatic carbocycles. The van der Waals surface area contributed by atoms with E-state index in [9.17, 15) is 0 Å². The van der Waals surface area contributed by atoms with Crippen molar-refractivity contribution in [2.45, 2.75) is 6.92 Å². The van der Waals surface area contributed by atoms with Crippen molar-refractivity contribution in [3.05, 3.63) is 48.0 Å². The van der Waals surface area contributed by atoms with Gasteiger partial charge in [0, 0.05) is 18.0 Å². The second-order valence-corrected chi connectivity index (χ2v) is 4.59. The highest BCUT2D eigenvalue weighted by molar-refractivity contribution is 6.07. The average molecular weight is 225 g/mol. The summed E-state index contributed by atoms with van der Waals surface area (Å²) in [5.74, 6) is 1.31. The maximum Gasteiger partial charge on any atom is 0.216 e. The number of ether oxygens (including phenoxy) is 1. The molecule has 0 radical (unpaired) electrons. The third-order valence-electron chi connectivity index (χ3n) is 3.07. The molecule has 0 saturated carbocycles. The zero-order chi connectivity index (χ0) is 11.7. The zero-order valence-electron chi connectivity index (χ0n) is 9.89. The molecule has 17 heavy (non-hydrogen) atoms. The monoisotopic (exact) mass is 225 g/mol. The van der Waals surface area contributed by atoms with E-state index < -0.39 is 0 Å². The van der Waals surface area contributed by atoms with Crippen LogP contribution in [0.2, 0.25) is 0 Å². The highest BCUT2D eigenvalue weighted by Gasteiger charge is 2.15. The number of fused-ring (bicyclic) bond motifs is 1. The fourth-order valence-electron chi connectivity index (χ4n) is 2.13. The van der Waals surface area contributed by atoms with E-state index in [-0.39, 0.29) is 0 Å². The van der Waals surface area contributed by atoms with Gasteiger partial charge < -0.3 is 4.74 Å². The molecule has 1 aliphatic heterocycles. The molecule has 0 bridgehead atoms. The average Bonchev–Trinajstić information content (AvgIpc) is 2.39. The summed E-state index contributed by atoms with van der Waals surface area (Å²) in [5.41, 5.74) is 1.11. The Morgan fingerprint density at radius 3 is 2.76 bits per heavy atom. The third kappa shape index (κ3) is 1.91. The molecular formula is C15H15NO. The molecule has 2 heteroatoms. The molecule has 1 heterocycles. The van der Waals surface area contributed by atoms with Crippen molar-refractivity contribution < 1.29 is 4.74 Å². The van der Waals surface area contributed by atoms with Crippen LogP contribution in [0.5, 0.6) is 0 Å². The molecule has 0 spiro atoms. The molecule has 0 aliphatic carbocycles. The topological polar surface area (TPSA) is 21.6 Å². The van der Waals surface area contributed by atoms with E-state index in [4.69, 9.17) is 4.74 Å². The largest absolute Gasteiger partial charge is 0.477 e. The summed E-state index contributed by atoms with van der Waals surface area (Å²) in [4.78, 5) is 4.53. The van der Waals surface area contributed by atoms with Gasteiger partial charge in [0.05, 0.1) is 6.61 Å². The van der Waals surface area contributed by atoms with Gasteiger partial charge in [0.25, 0.3) is 0 Å². The fourth-order valence-corrected chi connectivity index (χ4v) is 2.13. The summed E-state index contributed by atoms with van der Waals surface area (Å²) in [6.07, 6.45) is 0. The van der Waals surface area contributed by atoms with Crippen molar-refractivity contribution in [1.82, 2.24) is 0 Å². The molecule has 1 aliphatic rings. The van der Waals surface area contributed by atoms with Crippen LogP contribution in [0.1, 0.15) is 12.5 Å². The Morgan fingerprint density at radius 2 is 1.94 bits per heavy atom. The van der Waals surface area contributed by atoms with Crippen LogP contribution in [-0.4, -0.2) is 19.0 Å². The lowest BCUT2D eigenvalue weighted by molar-refractivity contribution is 0.232.